The number of rotatable bonds is 2. The number of allylic oxidation sites excluding steroid dienone is 1. The molecule has 0 bridgehead atoms. The van der Waals surface area contributed by atoms with Crippen LogP contribution in [0.5, 0.6) is 5.75 Å². The molecule has 2 unspecified atom stereocenters. The summed E-state index contributed by atoms with van der Waals surface area (Å²) in [7, 11) is 2.03. The van der Waals surface area contributed by atoms with Gasteiger partial charge in [0, 0.05) is 22.9 Å². The first-order valence-electron chi connectivity index (χ1n) is 8.48. The van der Waals surface area contributed by atoms with E-state index >= 15 is 0 Å². The molecular formula is C22H23OS+. The maximum Gasteiger partial charge on any atom is 0.163 e. The third kappa shape index (κ3) is 2.59. The highest BCUT2D eigenvalue weighted by Crippen LogP contribution is 2.42. The molecule has 2 aliphatic rings. The smallest absolute Gasteiger partial charge is 0.163 e. The summed E-state index contributed by atoms with van der Waals surface area (Å²) in [6.07, 6.45) is 3.73. The van der Waals surface area contributed by atoms with E-state index in [1.54, 1.807) is 23.2 Å². The Labute approximate surface area is 147 Å². The van der Waals surface area contributed by atoms with E-state index < -0.39 is 0 Å². The number of ether oxygens (including phenoxy) is 1. The van der Waals surface area contributed by atoms with Crippen LogP contribution in [0.1, 0.15) is 31.4 Å². The van der Waals surface area contributed by atoms with Crippen molar-refractivity contribution < 1.29 is 4.74 Å². The molecule has 0 amide bonds. The van der Waals surface area contributed by atoms with Crippen molar-refractivity contribution in [2.24, 2.45) is 0 Å². The fourth-order valence-electron chi connectivity index (χ4n) is 3.64. The molecule has 4 rings (SSSR count). The van der Waals surface area contributed by atoms with Crippen molar-refractivity contribution >= 4 is 16.5 Å². The standard InChI is InChI=1S/C22H23OS/c1-15-12-19-13-21(17-8-10-18(23-3)11-9-17)20-6-4-5-7-22(20)24(19)14-16(15)2/h4-11,13,19H,12,14H2,1-3H3/q+1. The molecule has 0 radical (unpaired) electrons. The molecule has 0 saturated carbocycles. The number of hydrogen-bond donors (Lipinski definition) is 0. The van der Waals surface area contributed by atoms with Crippen LogP contribution in [0.3, 0.4) is 0 Å². The number of hydrogen-bond acceptors (Lipinski definition) is 1. The Morgan fingerprint density at radius 1 is 0.958 bits per heavy atom. The Morgan fingerprint density at radius 3 is 2.46 bits per heavy atom. The van der Waals surface area contributed by atoms with Crippen molar-refractivity contribution in [3.8, 4) is 5.75 Å². The van der Waals surface area contributed by atoms with E-state index in [1.807, 2.05) is 0 Å². The summed E-state index contributed by atoms with van der Waals surface area (Å²) in [6, 6.07) is 17.5. The maximum absolute atomic E-state index is 5.31. The van der Waals surface area contributed by atoms with Crippen LogP contribution in [0.4, 0.5) is 0 Å². The summed E-state index contributed by atoms with van der Waals surface area (Å²) in [4.78, 5) is 1.54. The van der Waals surface area contributed by atoms with Gasteiger partial charge < -0.3 is 4.74 Å². The molecule has 0 saturated heterocycles. The summed E-state index contributed by atoms with van der Waals surface area (Å²) in [5.74, 6) is 2.13. The average molecular weight is 335 g/mol. The zero-order valence-electron chi connectivity index (χ0n) is 14.5. The minimum absolute atomic E-state index is 0.312. The van der Waals surface area contributed by atoms with Crippen LogP contribution >= 0.6 is 0 Å². The van der Waals surface area contributed by atoms with Crippen molar-refractivity contribution in [1.29, 1.82) is 0 Å². The fraction of sp³-hybridized carbons (Fsp3) is 0.273. The maximum atomic E-state index is 5.31. The van der Waals surface area contributed by atoms with E-state index in [9.17, 15) is 0 Å². The van der Waals surface area contributed by atoms with Crippen LogP contribution in [0.2, 0.25) is 0 Å². The van der Waals surface area contributed by atoms with E-state index in [0.717, 1.165) is 5.75 Å². The van der Waals surface area contributed by atoms with Crippen molar-refractivity contribution in [1.82, 2.24) is 0 Å². The molecule has 0 fully saturated rings. The van der Waals surface area contributed by atoms with Gasteiger partial charge in [0.1, 0.15) is 16.8 Å². The second kappa shape index (κ2) is 6.18. The Hall–Kier alpha value is -1.93. The number of benzene rings is 2. The van der Waals surface area contributed by atoms with Crippen LogP contribution < -0.4 is 4.74 Å². The quantitative estimate of drug-likeness (QED) is 0.539. The van der Waals surface area contributed by atoms with Gasteiger partial charge in [0.25, 0.3) is 0 Å². The van der Waals surface area contributed by atoms with Gasteiger partial charge in [0.15, 0.2) is 4.90 Å². The molecule has 2 heteroatoms. The van der Waals surface area contributed by atoms with E-state index in [0.29, 0.717) is 16.1 Å². The highest BCUT2D eigenvalue weighted by atomic mass is 32.2. The number of methoxy groups -OCH3 is 1. The Bertz CT molecular complexity index is 829. The third-order valence-corrected chi connectivity index (χ3v) is 7.89. The Kier molecular flexibility index (Phi) is 4.01. The lowest BCUT2D eigenvalue weighted by atomic mass is 9.94. The number of fused-ring (bicyclic) bond motifs is 3. The molecule has 122 valence electrons. The summed E-state index contributed by atoms with van der Waals surface area (Å²) in [5.41, 5.74) is 7.25. The SMILES string of the molecule is COc1ccc(C2=CC3CC(C)=C(C)C[S+]3c3ccccc32)cc1. The molecule has 2 aromatic carbocycles. The van der Waals surface area contributed by atoms with Crippen molar-refractivity contribution in [3.05, 3.63) is 76.9 Å². The highest BCUT2D eigenvalue weighted by Gasteiger charge is 2.41. The molecule has 24 heavy (non-hydrogen) atoms. The van der Waals surface area contributed by atoms with Gasteiger partial charge >= 0.3 is 0 Å². The van der Waals surface area contributed by atoms with E-state index in [2.05, 4.69) is 68.5 Å². The molecule has 2 heterocycles. The van der Waals surface area contributed by atoms with Crippen molar-refractivity contribution in [2.75, 3.05) is 12.9 Å². The monoisotopic (exact) mass is 335 g/mol. The minimum Gasteiger partial charge on any atom is -0.497 e. The molecule has 1 nitrogen and oxygen atoms in total. The molecule has 0 aromatic heterocycles. The second-order valence-electron chi connectivity index (χ2n) is 6.68. The van der Waals surface area contributed by atoms with Crippen LogP contribution in [0, 0.1) is 0 Å². The van der Waals surface area contributed by atoms with E-state index in [-0.39, 0.29) is 0 Å². The predicted molar refractivity (Wildman–Crippen MR) is 104 cm³/mol. The zero-order valence-corrected chi connectivity index (χ0v) is 15.3. The van der Waals surface area contributed by atoms with Crippen LogP contribution in [0.25, 0.3) is 5.57 Å². The lowest BCUT2D eigenvalue weighted by Gasteiger charge is -2.29. The summed E-state index contributed by atoms with van der Waals surface area (Å²) in [6.45, 7) is 4.61. The summed E-state index contributed by atoms with van der Waals surface area (Å²) in [5, 5.41) is 0.640. The van der Waals surface area contributed by atoms with Gasteiger partial charge in [-0.3, -0.25) is 0 Å². The van der Waals surface area contributed by atoms with Gasteiger partial charge in [-0.15, -0.1) is 0 Å². The van der Waals surface area contributed by atoms with Gasteiger partial charge in [-0.1, -0.05) is 29.8 Å². The zero-order chi connectivity index (χ0) is 16.7. The second-order valence-corrected chi connectivity index (χ2v) is 8.87. The molecule has 2 atom stereocenters. The molecule has 2 aromatic rings. The van der Waals surface area contributed by atoms with E-state index in [4.69, 9.17) is 4.74 Å². The van der Waals surface area contributed by atoms with Crippen LogP contribution in [0.15, 0.2) is 70.6 Å². The van der Waals surface area contributed by atoms with Crippen LogP contribution in [-0.4, -0.2) is 18.1 Å². The predicted octanol–water partition coefficient (Wildman–Crippen LogP) is 5.23. The van der Waals surface area contributed by atoms with Gasteiger partial charge in [0.05, 0.1) is 7.11 Å². The molecular weight excluding hydrogens is 312 g/mol. The molecule has 0 N–H and O–H groups in total. The first-order chi connectivity index (χ1) is 11.7. The highest BCUT2D eigenvalue weighted by molar-refractivity contribution is 7.98. The minimum atomic E-state index is 0.312. The molecule has 2 aliphatic heterocycles. The normalized spacial score (nSPS) is 22.5. The Balaban J connectivity index is 1.83. The average Bonchev–Trinajstić information content (AvgIpc) is 2.62. The van der Waals surface area contributed by atoms with Gasteiger partial charge in [0.2, 0.25) is 0 Å². The largest absolute Gasteiger partial charge is 0.497 e. The lowest BCUT2D eigenvalue weighted by Crippen LogP contribution is -2.32. The Morgan fingerprint density at radius 2 is 1.71 bits per heavy atom. The van der Waals surface area contributed by atoms with Crippen molar-refractivity contribution in [2.45, 2.75) is 30.4 Å². The van der Waals surface area contributed by atoms with Crippen molar-refractivity contribution in [3.63, 3.8) is 0 Å². The molecule has 0 aliphatic carbocycles. The first kappa shape index (κ1) is 15.6. The van der Waals surface area contributed by atoms with E-state index in [1.165, 1.54) is 28.9 Å². The lowest BCUT2D eigenvalue weighted by molar-refractivity contribution is 0.415. The van der Waals surface area contributed by atoms with Gasteiger partial charge in [-0.25, -0.2) is 0 Å². The summed E-state index contributed by atoms with van der Waals surface area (Å²) >= 11 is 0. The summed E-state index contributed by atoms with van der Waals surface area (Å²) < 4.78 is 5.31. The van der Waals surface area contributed by atoms with Crippen LogP contribution in [-0.2, 0) is 10.9 Å². The van der Waals surface area contributed by atoms with Gasteiger partial charge in [-0.2, -0.15) is 0 Å². The first-order valence-corrected chi connectivity index (χ1v) is 9.93. The molecule has 0 spiro atoms. The topological polar surface area (TPSA) is 9.23 Å². The fourth-order valence-corrected chi connectivity index (χ4v) is 6.51. The van der Waals surface area contributed by atoms with Gasteiger partial charge in [-0.05, 0) is 60.9 Å². The third-order valence-electron chi connectivity index (χ3n) is 5.19.